The van der Waals surface area contributed by atoms with E-state index in [4.69, 9.17) is 11.2 Å². The van der Waals surface area contributed by atoms with Crippen LogP contribution >= 0.6 is 0 Å². The number of ether oxygens (including phenoxy) is 1. The molecule has 0 aliphatic carbocycles. The van der Waals surface area contributed by atoms with E-state index < -0.39 is 11.7 Å². The maximum atomic E-state index is 12.6. The van der Waals surface area contributed by atoms with E-state index >= 15 is 0 Å². The van der Waals surface area contributed by atoms with Crippen molar-refractivity contribution in [3.05, 3.63) is 17.7 Å². The normalized spacial score (nSPS) is 10.8. The minimum Gasteiger partial charge on any atom is -0.464 e. The lowest BCUT2D eigenvalue weighted by molar-refractivity contribution is -0.137. The summed E-state index contributed by atoms with van der Waals surface area (Å²) in [7, 11) is 0. The first-order valence-electron chi connectivity index (χ1n) is 4.86. The smallest absolute Gasteiger partial charge is 0.416 e. The maximum Gasteiger partial charge on any atom is 0.416 e. The number of aromatic nitrogens is 1. The average molecular weight is 244 g/mol. The molecule has 0 fully saturated rings. The van der Waals surface area contributed by atoms with Gasteiger partial charge in [-0.15, -0.1) is 6.42 Å². The van der Waals surface area contributed by atoms with Crippen molar-refractivity contribution in [3.8, 4) is 18.2 Å². The van der Waals surface area contributed by atoms with Crippen molar-refractivity contribution in [1.29, 1.82) is 0 Å². The van der Waals surface area contributed by atoms with Crippen LogP contribution in [0.5, 0.6) is 5.88 Å². The summed E-state index contributed by atoms with van der Waals surface area (Å²) in [6, 6.07) is 1.74. The fraction of sp³-hybridized carbons (Fsp3) is 0.364. The van der Waals surface area contributed by atoms with E-state index in [0.717, 1.165) is 12.1 Å². The Morgan fingerprint density at radius 1 is 1.47 bits per heavy atom. The van der Waals surface area contributed by atoms with Gasteiger partial charge in [-0.05, 0) is 13.0 Å². The van der Waals surface area contributed by atoms with Gasteiger partial charge in [-0.2, -0.15) is 18.2 Å². The lowest BCUT2D eigenvalue weighted by Gasteiger charge is -2.11. The highest BCUT2D eigenvalue weighted by atomic mass is 19.4. The monoisotopic (exact) mass is 244 g/mol. The average Bonchev–Trinajstić information content (AvgIpc) is 2.25. The molecule has 3 nitrogen and oxygen atoms in total. The molecule has 0 bridgehead atoms. The van der Waals surface area contributed by atoms with Gasteiger partial charge in [0.2, 0.25) is 5.88 Å². The predicted octanol–water partition coefficient (Wildman–Crippen LogP) is 2.54. The number of pyridine rings is 1. The van der Waals surface area contributed by atoms with Crippen molar-refractivity contribution in [2.75, 3.05) is 18.5 Å². The molecule has 1 aromatic rings. The molecule has 0 saturated heterocycles. The third kappa shape index (κ3) is 3.87. The Hall–Kier alpha value is -1.90. The van der Waals surface area contributed by atoms with Gasteiger partial charge in [0.05, 0.1) is 5.56 Å². The highest BCUT2D eigenvalue weighted by molar-refractivity contribution is 5.42. The van der Waals surface area contributed by atoms with Crippen molar-refractivity contribution in [3.63, 3.8) is 0 Å². The van der Waals surface area contributed by atoms with Crippen LogP contribution in [0.1, 0.15) is 12.5 Å². The molecule has 0 saturated carbocycles. The molecule has 0 aromatic carbocycles. The molecule has 0 aliphatic heterocycles. The summed E-state index contributed by atoms with van der Waals surface area (Å²) in [6.07, 6.45) is 0.513. The Morgan fingerprint density at radius 2 is 2.18 bits per heavy atom. The Labute approximate surface area is 97.0 Å². The van der Waals surface area contributed by atoms with Crippen LogP contribution in [0.4, 0.5) is 19.0 Å². The van der Waals surface area contributed by atoms with Crippen LogP contribution in [0.15, 0.2) is 12.1 Å². The molecule has 1 heterocycles. The molecule has 1 rings (SSSR count). The van der Waals surface area contributed by atoms with Gasteiger partial charge in [0, 0.05) is 12.6 Å². The molecule has 1 aromatic heterocycles. The zero-order valence-corrected chi connectivity index (χ0v) is 9.14. The van der Waals surface area contributed by atoms with E-state index in [2.05, 4.69) is 16.2 Å². The van der Waals surface area contributed by atoms with E-state index in [1.807, 2.05) is 0 Å². The number of halogens is 3. The summed E-state index contributed by atoms with van der Waals surface area (Å²) in [6.45, 7) is 2.09. The number of anilines is 1. The van der Waals surface area contributed by atoms with E-state index in [1.54, 1.807) is 6.92 Å². The van der Waals surface area contributed by atoms with Gasteiger partial charge in [0.15, 0.2) is 6.61 Å². The van der Waals surface area contributed by atoms with Crippen molar-refractivity contribution in [1.82, 2.24) is 4.98 Å². The molecule has 6 heteroatoms. The topological polar surface area (TPSA) is 34.1 Å². The molecule has 0 spiro atoms. The van der Waals surface area contributed by atoms with Crippen LogP contribution < -0.4 is 10.1 Å². The molecule has 17 heavy (non-hydrogen) atoms. The fourth-order valence-electron chi connectivity index (χ4n) is 1.13. The second-order valence-corrected chi connectivity index (χ2v) is 3.10. The second kappa shape index (κ2) is 5.43. The van der Waals surface area contributed by atoms with Crippen molar-refractivity contribution >= 4 is 5.82 Å². The number of rotatable bonds is 4. The second-order valence-electron chi connectivity index (χ2n) is 3.10. The number of terminal acetylenes is 1. The van der Waals surface area contributed by atoms with E-state index in [-0.39, 0.29) is 18.3 Å². The number of nitrogens with one attached hydrogen (secondary N) is 1. The quantitative estimate of drug-likeness (QED) is 0.826. The van der Waals surface area contributed by atoms with E-state index in [0.29, 0.717) is 6.54 Å². The minimum absolute atomic E-state index is 0.106. The highest BCUT2D eigenvalue weighted by Gasteiger charge is 2.31. The maximum absolute atomic E-state index is 12.6. The first kappa shape index (κ1) is 13.2. The van der Waals surface area contributed by atoms with Gasteiger partial charge in [0.25, 0.3) is 0 Å². The first-order valence-corrected chi connectivity index (χ1v) is 4.86. The Morgan fingerprint density at radius 3 is 2.71 bits per heavy atom. The lowest BCUT2D eigenvalue weighted by Crippen LogP contribution is -2.09. The third-order valence-corrected chi connectivity index (χ3v) is 1.79. The standard InChI is InChI=1S/C11H11F3N2O/c1-3-5-17-10-7-8(11(12,13)14)6-9(16-10)15-4-2/h1,6-7H,4-5H2,2H3,(H,15,16). The van der Waals surface area contributed by atoms with Crippen LogP contribution in [-0.4, -0.2) is 18.1 Å². The minimum atomic E-state index is -4.44. The van der Waals surface area contributed by atoms with Crippen LogP contribution in [0, 0.1) is 12.3 Å². The number of hydrogen-bond donors (Lipinski definition) is 1. The summed E-state index contributed by atoms with van der Waals surface area (Å²) in [5.74, 6) is 2.12. The number of alkyl halides is 3. The highest BCUT2D eigenvalue weighted by Crippen LogP contribution is 2.32. The zero-order valence-electron chi connectivity index (χ0n) is 9.14. The van der Waals surface area contributed by atoms with Gasteiger partial charge in [0.1, 0.15) is 5.82 Å². The van der Waals surface area contributed by atoms with Gasteiger partial charge < -0.3 is 10.1 Å². The third-order valence-electron chi connectivity index (χ3n) is 1.79. The largest absolute Gasteiger partial charge is 0.464 e. The van der Waals surface area contributed by atoms with Crippen LogP contribution in [0.3, 0.4) is 0 Å². The zero-order chi connectivity index (χ0) is 12.9. The molecule has 92 valence electrons. The summed E-state index contributed by atoms with van der Waals surface area (Å²) in [5, 5.41) is 2.69. The van der Waals surface area contributed by atoms with Crippen molar-refractivity contribution < 1.29 is 17.9 Å². The summed E-state index contributed by atoms with van der Waals surface area (Å²) < 4.78 is 42.6. The number of nitrogens with zero attached hydrogens (tertiary/aromatic N) is 1. The van der Waals surface area contributed by atoms with Crippen LogP contribution in [0.2, 0.25) is 0 Å². The fourth-order valence-corrected chi connectivity index (χ4v) is 1.13. The SMILES string of the molecule is C#CCOc1cc(C(F)(F)F)cc(NCC)n1. The lowest BCUT2D eigenvalue weighted by atomic mass is 10.2. The van der Waals surface area contributed by atoms with E-state index in [9.17, 15) is 13.2 Å². The van der Waals surface area contributed by atoms with Crippen molar-refractivity contribution in [2.45, 2.75) is 13.1 Å². The first-order chi connectivity index (χ1) is 7.97. The molecular weight excluding hydrogens is 233 g/mol. The molecule has 0 radical (unpaired) electrons. The van der Waals surface area contributed by atoms with E-state index in [1.165, 1.54) is 0 Å². The van der Waals surface area contributed by atoms with Crippen LogP contribution in [-0.2, 0) is 6.18 Å². The van der Waals surface area contributed by atoms with Gasteiger partial charge in [-0.1, -0.05) is 5.92 Å². The summed E-state index contributed by atoms with van der Waals surface area (Å²) in [4.78, 5) is 3.85. The summed E-state index contributed by atoms with van der Waals surface area (Å²) in [5.41, 5.74) is -0.824. The van der Waals surface area contributed by atoms with Gasteiger partial charge >= 0.3 is 6.18 Å². The summed E-state index contributed by atoms with van der Waals surface area (Å²) >= 11 is 0. The van der Waals surface area contributed by atoms with Gasteiger partial charge in [-0.25, -0.2) is 0 Å². The van der Waals surface area contributed by atoms with Crippen molar-refractivity contribution in [2.24, 2.45) is 0 Å². The number of hydrogen-bond acceptors (Lipinski definition) is 3. The van der Waals surface area contributed by atoms with Crippen LogP contribution in [0.25, 0.3) is 0 Å². The Balaban J connectivity index is 3.06. The molecule has 0 atom stereocenters. The molecular formula is C11H11F3N2O. The molecule has 0 amide bonds. The molecule has 0 aliphatic rings. The van der Waals surface area contributed by atoms with Gasteiger partial charge in [-0.3, -0.25) is 0 Å². The Bertz CT molecular complexity index is 424. The Kier molecular flexibility index (Phi) is 4.21. The predicted molar refractivity (Wildman–Crippen MR) is 57.7 cm³/mol. The molecule has 0 unspecified atom stereocenters. The molecule has 1 N–H and O–H groups in total.